The molecule has 3 aromatic rings. The number of nitrogens with one attached hydrogen (secondary N) is 1. The third kappa shape index (κ3) is 3.37. The van der Waals surface area contributed by atoms with E-state index in [4.69, 9.17) is 14.5 Å². The fourth-order valence-electron chi connectivity index (χ4n) is 4.74. The van der Waals surface area contributed by atoms with Gasteiger partial charge in [0.25, 0.3) is 0 Å². The van der Waals surface area contributed by atoms with E-state index >= 15 is 0 Å². The number of ether oxygens (including phenoxy) is 2. The van der Waals surface area contributed by atoms with E-state index in [-0.39, 0.29) is 23.2 Å². The summed E-state index contributed by atoms with van der Waals surface area (Å²) in [6, 6.07) is 16.4. The van der Waals surface area contributed by atoms with Gasteiger partial charge >= 0.3 is 0 Å². The van der Waals surface area contributed by atoms with Crippen LogP contribution in [0.4, 0.5) is 11.4 Å². The highest BCUT2D eigenvalue weighted by atomic mass is 16.5. The fraction of sp³-hybridized carbons (Fsp3) is 0.138. The summed E-state index contributed by atoms with van der Waals surface area (Å²) in [7, 11) is 1.62. The Hall–Kier alpha value is -4.45. The van der Waals surface area contributed by atoms with Gasteiger partial charge in [-0.25, -0.2) is 4.99 Å². The fourth-order valence-corrected chi connectivity index (χ4v) is 4.74. The van der Waals surface area contributed by atoms with E-state index < -0.39 is 0 Å². The van der Waals surface area contributed by atoms with Crippen molar-refractivity contribution in [3.05, 3.63) is 106 Å². The lowest BCUT2D eigenvalue weighted by Crippen LogP contribution is -2.31. The lowest BCUT2D eigenvalue weighted by Gasteiger charge is -2.30. The maximum absolute atomic E-state index is 13.7. The Labute approximate surface area is 202 Å². The lowest BCUT2D eigenvalue weighted by molar-refractivity contribution is 0.0979. The average Bonchev–Trinajstić information content (AvgIpc) is 2.89. The Bertz CT molecular complexity index is 1500. The Kier molecular flexibility index (Phi) is 4.88. The summed E-state index contributed by atoms with van der Waals surface area (Å²) in [6.07, 6.45) is 5.50. The summed E-state index contributed by atoms with van der Waals surface area (Å²) in [5.41, 5.74) is 5.09. The molecule has 0 aromatic heterocycles. The molecule has 0 fully saturated rings. The molecule has 1 aliphatic heterocycles. The molecule has 1 heterocycles. The number of fused-ring (bicyclic) bond motifs is 5. The van der Waals surface area contributed by atoms with E-state index in [1.807, 2.05) is 49.4 Å². The average molecular weight is 463 g/mol. The van der Waals surface area contributed by atoms with Gasteiger partial charge in [-0.05, 0) is 36.3 Å². The molecule has 0 saturated heterocycles. The van der Waals surface area contributed by atoms with Gasteiger partial charge in [0.1, 0.15) is 17.2 Å². The van der Waals surface area contributed by atoms with Crippen LogP contribution in [0.3, 0.4) is 0 Å². The second-order valence-corrected chi connectivity index (χ2v) is 8.70. The largest absolute Gasteiger partial charge is 0.497 e. The number of hydrogen-bond acceptors (Lipinski definition) is 6. The van der Waals surface area contributed by atoms with Gasteiger partial charge in [-0.3, -0.25) is 9.59 Å². The zero-order valence-corrected chi connectivity index (χ0v) is 19.3. The van der Waals surface area contributed by atoms with Crippen molar-refractivity contribution < 1.29 is 19.1 Å². The third-order valence-corrected chi connectivity index (χ3v) is 6.57. The highest BCUT2D eigenvalue weighted by molar-refractivity contribution is 6.32. The van der Waals surface area contributed by atoms with Gasteiger partial charge in [-0.1, -0.05) is 48.6 Å². The van der Waals surface area contributed by atoms with E-state index in [9.17, 15) is 9.59 Å². The summed E-state index contributed by atoms with van der Waals surface area (Å²) in [6.45, 7) is 2.42. The molecule has 3 aromatic carbocycles. The van der Waals surface area contributed by atoms with Gasteiger partial charge in [-0.15, -0.1) is 0 Å². The molecule has 172 valence electrons. The molecule has 1 unspecified atom stereocenters. The van der Waals surface area contributed by atoms with E-state index in [1.165, 1.54) is 0 Å². The molecule has 35 heavy (non-hydrogen) atoms. The Morgan fingerprint density at radius 1 is 1.00 bits per heavy atom. The molecule has 0 spiro atoms. The highest BCUT2D eigenvalue weighted by Gasteiger charge is 2.38. The van der Waals surface area contributed by atoms with Crippen molar-refractivity contribution in [1.29, 1.82) is 0 Å². The van der Waals surface area contributed by atoms with Gasteiger partial charge in [0, 0.05) is 23.7 Å². The Balaban J connectivity index is 1.50. The van der Waals surface area contributed by atoms with Crippen LogP contribution in [0.15, 0.2) is 83.4 Å². The minimum atomic E-state index is -0.332. The third-order valence-electron chi connectivity index (χ3n) is 6.57. The van der Waals surface area contributed by atoms with Crippen molar-refractivity contribution in [2.24, 2.45) is 4.99 Å². The van der Waals surface area contributed by atoms with Crippen LogP contribution in [0.2, 0.25) is 0 Å². The SMILES string of the molecule is COc1ccc(CNc2cc3c(c4c2C(=O)c2ccccc2C4=O)N=C2C(C)=CC=CC2O3)cc1. The van der Waals surface area contributed by atoms with Gasteiger partial charge in [-0.2, -0.15) is 0 Å². The summed E-state index contributed by atoms with van der Waals surface area (Å²) in [4.78, 5) is 32.3. The van der Waals surface area contributed by atoms with Crippen LogP contribution in [0.25, 0.3) is 0 Å². The zero-order chi connectivity index (χ0) is 24.1. The molecule has 0 bridgehead atoms. The molecule has 0 saturated carbocycles. The smallest absolute Gasteiger partial charge is 0.196 e. The molecule has 6 heteroatoms. The molecule has 0 amide bonds. The molecule has 6 rings (SSSR count). The molecule has 2 aliphatic carbocycles. The first-order valence-electron chi connectivity index (χ1n) is 11.4. The van der Waals surface area contributed by atoms with E-state index in [0.717, 1.165) is 22.6 Å². The number of allylic oxidation sites excluding steroid dienone is 2. The maximum Gasteiger partial charge on any atom is 0.196 e. The van der Waals surface area contributed by atoms with Gasteiger partial charge in [0.2, 0.25) is 0 Å². The quantitative estimate of drug-likeness (QED) is 0.438. The summed E-state index contributed by atoms with van der Waals surface area (Å²) in [5, 5.41) is 3.37. The number of methoxy groups -OCH3 is 1. The normalized spacial score (nSPS) is 17.3. The molecule has 3 aliphatic rings. The lowest BCUT2D eigenvalue weighted by atomic mass is 9.81. The van der Waals surface area contributed by atoms with Crippen LogP contribution in [0.1, 0.15) is 44.3 Å². The molecule has 1 atom stereocenters. The number of carbonyl (C=O) groups is 2. The number of benzene rings is 3. The second-order valence-electron chi connectivity index (χ2n) is 8.70. The number of ketones is 2. The Morgan fingerprint density at radius 2 is 1.71 bits per heavy atom. The summed E-state index contributed by atoms with van der Waals surface area (Å²) in [5.74, 6) is 0.825. The van der Waals surface area contributed by atoms with Crippen LogP contribution in [-0.4, -0.2) is 30.5 Å². The van der Waals surface area contributed by atoms with Gasteiger partial charge < -0.3 is 14.8 Å². The van der Waals surface area contributed by atoms with Gasteiger partial charge in [0.05, 0.1) is 29.6 Å². The van der Waals surface area contributed by atoms with Crippen molar-refractivity contribution in [3.8, 4) is 11.5 Å². The molecule has 1 N–H and O–H groups in total. The van der Waals surface area contributed by atoms with Crippen LogP contribution in [0, 0.1) is 0 Å². The maximum atomic E-state index is 13.7. The molecular formula is C29H22N2O4. The Morgan fingerprint density at radius 3 is 2.43 bits per heavy atom. The predicted molar refractivity (Wildman–Crippen MR) is 134 cm³/mol. The monoisotopic (exact) mass is 462 g/mol. The summed E-state index contributed by atoms with van der Waals surface area (Å²) >= 11 is 0. The first-order chi connectivity index (χ1) is 17.0. The van der Waals surface area contributed by atoms with E-state index in [2.05, 4.69) is 5.32 Å². The van der Waals surface area contributed by atoms with Crippen molar-refractivity contribution in [2.45, 2.75) is 19.6 Å². The van der Waals surface area contributed by atoms with Crippen LogP contribution < -0.4 is 14.8 Å². The minimum Gasteiger partial charge on any atom is -0.497 e. The standard InChI is InChI=1S/C29H22N2O4/c1-16-6-5-9-22-26(16)31-27-23(35-22)14-21(30-15-17-10-12-18(34-2)13-11-17)24-25(27)29(33)20-8-4-3-7-19(20)28(24)32/h3-14,22,30H,15H2,1-2H3. The topological polar surface area (TPSA) is 77.0 Å². The van der Waals surface area contributed by atoms with Crippen molar-refractivity contribution in [2.75, 3.05) is 12.4 Å². The number of anilines is 1. The number of carbonyl (C=O) groups excluding carboxylic acids is 2. The predicted octanol–water partition coefficient (Wildman–Crippen LogP) is 5.43. The van der Waals surface area contributed by atoms with Crippen molar-refractivity contribution in [1.82, 2.24) is 0 Å². The highest BCUT2D eigenvalue weighted by Crippen LogP contribution is 2.46. The van der Waals surface area contributed by atoms with Crippen LogP contribution >= 0.6 is 0 Å². The van der Waals surface area contributed by atoms with E-state index in [0.29, 0.717) is 40.4 Å². The van der Waals surface area contributed by atoms with Crippen LogP contribution in [-0.2, 0) is 6.54 Å². The molecule has 6 nitrogen and oxygen atoms in total. The van der Waals surface area contributed by atoms with E-state index in [1.54, 1.807) is 37.4 Å². The number of hydrogen-bond donors (Lipinski definition) is 1. The minimum absolute atomic E-state index is 0.201. The van der Waals surface area contributed by atoms with Crippen molar-refractivity contribution in [3.63, 3.8) is 0 Å². The van der Waals surface area contributed by atoms with Crippen LogP contribution in [0.5, 0.6) is 11.5 Å². The number of nitrogens with zero attached hydrogens (tertiary/aromatic N) is 1. The number of aliphatic imine (C=N–C) groups is 1. The first kappa shape index (κ1) is 21.1. The molecular weight excluding hydrogens is 440 g/mol. The van der Waals surface area contributed by atoms with Gasteiger partial charge in [0.15, 0.2) is 17.7 Å². The molecule has 0 radical (unpaired) electrons. The zero-order valence-electron chi connectivity index (χ0n) is 19.3. The second kappa shape index (κ2) is 8.09. The first-order valence-corrected chi connectivity index (χ1v) is 11.4. The number of rotatable bonds is 4. The summed E-state index contributed by atoms with van der Waals surface area (Å²) < 4.78 is 11.5. The van der Waals surface area contributed by atoms with Crippen molar-refractivity contribution >= 4 is 28.7 Å².